The van der Waals surface area contributed by atoms with Crippen molar-refractivity contribution in [2.24, 2.45) is 11.8 Å². The first-order valence-corrected chi connectivity index (χ1v) is 8.73. The van der Waals surface area contributed by atoms with E-state index in [1.807, 2.05) is 0 Å². The molecule has 2 aliphatic heterocycles. The van der Waals surface area contributed by atoms with Gasteiger partial charge >= 0.3 is 0 Å². The highest BCUT2D eigenvalue weighted by molar-refractivity contribution is 4.81. The predicted octanol–water partition coefficient (Wildman–Crippen LogP) is 2.38. The summed E-state index contributed by atoms with van der Waals surface area (Å²) in [7, 11) is 0. The van der Waals surface area contributed by atoms with Crippen LogP contribution in [0.5, 0.6) is 0 Å². The lowest BCUT2D eigenvalue weighted by Gasteiger charge is -2.37. The number of likely N-dealkylation sites (tertiary alicyclic amines) is 1. The van der Waals surface area contributed by atoms with Crippen LogP contribution in [0, 0.1) is 11.8 Å². The van der Waals surface area contributed by atoms with E-state index in [9.17, 15) is 0 Å². The van der Waals surface area contributed by atoms with Crippen LogP contribution in [0.3, 0.4) is 0 Å². The van der Waals surface area contributed by atoms with Gasteiger partial charge < -0.3 is 9.80 Å². The molecule has 2 heterocycles. The molecule has 0 unspecified atom stereocenters. The average molecular weight is 281 g/mol. The van der Waals surface area contributed by atoms with Crippen molar-refractivity contribution in [2.45, 2.75) is 46.6 Å². The monoisotopic (exact) mass is 281 g/mol. The first-order chi connectivity index (χ1) is 9.54. The van der Waals surface area contributed by atoms with E-state index in [0.717, 1.165) is 17.9 Å². The molecular weight excluding hydrogens is 246 g/mol. The smallest absolute Gasteiger partial charge is 0.0113 e. The highest BCUT2D eigenvalue weighted by Crippen LogP contribution is 2.19. The molecule has 0 aromatic heterocycles. The zero-order valence-corrected chi connectivity index (χ0v) is 14.1. The first-order valence-electron chi connectivity index (χ1n) is 8.73. The van der Waals surface area contributed by atoms with E-state index >= 15 is 0 Å². The Morgan fingerprint density at radius 3 is 2.20 bits per heavy atom. The van der Waals surface area contributed by atoms with E-state index in [2.05, 4.69) is 42.4 Å². The molecule has 1 atom stereocenters. The molecule has 0 amide bonds. The lowest BCUT2D eigenvalue weighted by Crippen LogP contribution is -2.50. The molecule has 2 aliphatic rings. The molecule has 0 N–H and O–H groups in total. The van der Waals surface area contributed by atoms with Gasteiger partial charge in [0, 0.05) is 45.3 Å². The summed E-state index contributed by atoms with van der Waals surface area (Å²) in [6, 6.07) is 0.718. The van der Waals surface area contributed by atoms with Crippen LogP contribution in [0.2, 0.25) is 0 Å². The molecule has 0 spiro atoms. The van der Waals surface area contributed by atoms with E-state index in [-0.39, 0.29) is 0 Å². The van der Waals surface area contributed by atoms with E-state index in [4.69, 9.17) is 0 Å². The van der Waals surface area contributed by atoms with Gasteiger partial charge in [-0.2, -0.15) is 0 Å². The maximum atomic E-state index is 2.70. The lowest BCUT2D eigenvalue weighted by atomic mass is 10.1. The Morgan fingerprint density at radius 1 is 0.900 bits per heavy atom. The van der Waals surface area contributed by atoms with Crippen LogP contribution in [0.25, 0.3) is 0 Å². The predicted molar refractivity (Wildman–Crippen MR) is 87.2 cm³/mol. The Kier molecular flexibility index (Phi) is 6.31. The lowest BCUT2D eigenvalue weighted by molar-refractivity contribution is 0.0972. The molecule has 0 radical (unpaired) electrons. The van der Waals surface area contributed by atoms with Gasteiger partial charge in [-0.15, -0.1) is 0 Å². The Balaban J connectivity index is 1.63. The zero-order chi connectivity index (χ0) is 14.5. The minimum Gasteiger partial charge on any atom is -0.303 e. The normalized spacial score (nSPS) is 27.0. The van der Waals surface area contributed by atoms with Gasteiger partial charge in [0.15, 0.2) is 0 Å². The van der Waals surface area contributed by atoms with Crippen LogP contribution in [-0.4, -0.2) is 73.1 Å². The molecule has 2 saturated heterocycles. The molecule has 2 fully saturated rings. The third-order valence-electron chi connectivity index (χ3n) is 5.05. The van der Waals surface area contributed by atoms with Gasteiger partial charge in [-0.1, -0.05) is 13.8 Å². The molecule has 3 nitrogen and oxygen atoms in total. The van der Waals surface area contributed by atoms with Gasteiger partial charge in [0.05, 0.1) is 0 Å². The Hall–Kier alpha value is -0.120. The van der Waals surface area contributed by atoms with Crippen molar-refractivity contribution in [1.82, 2.24) is 14.7 Å². The van der Waals surface area contributed by atoms with Crippen LogP contribution in [0.4, 0.5) is 0 Å². The first kappa shape index (κ1) is 16.3. The number of piperazine rings is 1. The summed E-state index contributed by atoms with van der Waals surface area (Å²) in [6.07, 6.45) is 2.78. The standard InChI is InChI=1S/C17H35N3/c1-15(2)5-7-18-8-6-17(13-18)14-19-9-11-20(12-10-19)16(3)4/h15-17H,5-14H2,1-4H3/t17-/m0/s1. The summed E-state index contributed by atoms with van der Waals surface area (Å²) in [4.78, 5) is 8.00. The largest absolute Gasteiger partial charge is 0.303 e. The summed E-state index contributed by atoms with van der Waals surface area (Å²) in [5.74, 6) is 1.77. The molecule has 20 heavy (non-hydrogen) atoms. The van der Waals surface area contributed by atoms with E-state index in [1.165, 1.54) is 65.2 Å². The van der Waals surface area contributed by atoms with Crippen LogP contribution in [-0.2, 0) is 0 Å². The van der Waals surface area contributed by atoms with Crippen LogP contribution in [0.15, 0.2) is 0 Å². The summed E-state index contributed by atoms with van der Waals surface area (Å²) in [6.45, 7) is 19.7. The number of hydrogen-bond donors (Lipinski definition) is 0. The second-order valence-corrected chi connectivity index (χ2v) is 7.57. The molecule has 2 rings (SSSR count). The second kappa shape index (κ2) is 7.77. The summed E-state index contributed by atoms with van der Waals surface area (Å²) in [5.41, 5.74) is 0. The van der Waals surface area contributed by atoms with Gasteiger partial charge in [-0.3, -0.25) is 4.90 Å². The van der Waals surface area contributed by atoms with Crippen molar-refractivity contribution < 1.29 is 0 Å². The topological polar surface area (TPSA) is 9.72 Å². The number of hydrogen-bond acceptors (Lipinski definition) is 3. The summed E-state index contributed by atoms with van der Waals surface area (Å²) >= 11 is 0. The number of rotatable bonds is 6. The van der Waals surface area contributed by atoms with Crippen molar-refractivity contribution in [3.8, 4) is 0 Å². The molecule has 0 aromatic rings. The molecule has 0 aromatic carbocycles. The molecule has 118 valence electrons. The fraction of sp³-hybridized carbons (Fsp3) is 1.00. The molecule has 0 bridgehead atoms. The third kappa shape index (κ3) is 5.01. The Labute approximate surface area is 126 Å². The number of nitrogens with zero attached hydrogens (tertiary/aromatic N) is 3. The zero-order valence-electron chi connectivity index (χ0n) is 14.1. The van der Waals surface area contributed by atoms with Gasteiger partial charge in [-0.05, 0) is 51.6 Å². The van der Waals surface area contributed by atoms with Crippen molar-refractivity contribution >= 4 is 0 Å². The molecule has 0 aliphatic carbocycles. The van der Waals surface area contributed by atoms with Crippen molar-refractivity contribution in [3.05, 3.63) is 0 Å². The molecule has 0 saturated carbocycles. The maximum absolute atomic E-state index is 2.70. The Bertz CT molecular complexity index is 269. The maximum Gasteiger partial charge on any atom is 0.0113 e. The second-order valence-electron chi connectivity index (χ2n) is 7.57. The van der Waals surface area contributed by atoms with Gasteiger partial charge in [-0.25, -0.2) is 0 Å². The van der Waals surface area contributed by atoms with Crippen molar-refractivity contribution in [1.29, 1.82) is 0 Å². The van der Waals surface area contributed by atoms with E-state index in [1.54, 1.807) is 0 Å². The fourth-order valence-corrected chi connectivity index (χ4v) is 3.53. The minimum absolute atomic E-state index is 0.718. The fourth-order valence-electron chi connectivity index (χ4n) is 3.53. The van der Waals surface area contributed by atoms with Crippen molar-refractivity contribution in [2.75, 3.05) is 52.4 Å². The van der Waals surface area contributed by atoms with Crippen molar-refractivity contribution in [3.63, 3.8) is 0 Å². The van der Waals surface area contributed by atoms with E-state index < -0.39 is 0 Å². The minimum atomic E-state index is 0.718. The SMILES string of the molecule is CC(C)CCN1CC[C@H](CN2CCN(C(C)C)CC2)C1. The van der Waals surface area contributed by atoms with Crippen LogP contribution >= 0.6 is 0 Å². The molecule has 3 heteroatoms. The quantitative estimate of drug-likeness (QED) is 0.740. The van der Waals surface area contributed by atoms with Gasteiger partial charge in [0.25, 0.3) is 0 Å². The highest BCUT2D eigenvalue weighted by atomic mass is 15.3. The van der Waals surface area contributed by atoms with Crippen LogP contribution in [0.1, 0.15) is 40.5 Å². The third-order valence-corrected chi connectivity index (χ3v) is 5.05. The molecular formula is C17H35N3. The van der Waals surface area contributed by atoms with E-state index in [0.29, 0.717) is 0 Å². The van der Waals surface area contributed by atoms with Gasteiger partial charge in [0.2, 0.25) is 0 Å². The summed E-state index contributed by atoms with van der Waals surface area (Å²) in [5, 5.41) is 0. The highest BCUT2D eigenvalue weighted by Gasteiger charge is 2.26. The van der Waals surface area contributed by atoms with Crippen LogP contribution < -0.4 is 0 Å². The Morgan fingerprint density at radius 2 is 1.60 bits per heavy atom. The average Bonchev–Trinajstić information content (AvgIpc) is 2.84. The van der Waals surface area contributed by atoms with Gasteiger partial charge in [0.1, 0.15) is 0 Å². The summed E-state index contributed by atoms with van der Waals surface area (Å²) < 4.78 is 0.